The zero-order valence-electron chi connectivity index (χ0n) is 11.4. The molecule has 2 aromatic rings. The molecule has 104 valence electrons. The average Bonchev–Trinajstić information content (AvgIpc) is 2.83. The van der Waals surface area contributed by atoms with Crippen molar-refractivity contribution in [3.05, 3.63) is 65.0 Å². The van der Waals surface area contributed by atoms with Gasteiger partial charge in [-0.3, -0.25) is 0 Å². The maximum Gasteiger partial charge on any atom is 0.123 e. The van der Waals surface area contributed by atoms with Crippen LogP contribution in [0.25, 0.3) is 0 Å². The molecular weight excluding hydrogens is 253 g/mol. The molecule has 0 aliphatic heterocycles. The van der Waals surface area contributed by atoms with Crippen LogP contribution in [0.3, 0.4) is 0 Å². The van der Waals surface area contributed by atoms with Gasteiger partial charge in [-0.2, -0.15) is 0 Å². The average molecular weight is 271 g/mol. The van der Waals surface area contributed by atoms with Gasteiger partial charge in [0.05, 0.1) is 0 Å². The van der Waals surface area contributed by atoms with Crippen molar-refractivity contribution < 1.29 is 9.50 Å². The predicted octanol–water partition coefficient (Wildman–Crippen LogP) is 3.87. The molecule has 0 heterocycles. The van der Waals surface area contributed by atoms with Crippen molar-refractivity contribution >= 4 is 0 Å². The van der Waals surface area contributed by atoms with Crippen molar-refractivity contribution in [3.8, 4) is 5.75 Å². The van der Waals surface area contributed by atoms with E-state index in [1.807, 2.05) is 19.1 Å². The van der Waals surface area contributed by atoms with Gasteiger partial charge in [-0.25, -0.2) is 4.39 Å². The molecule has 0 saturated heterocycles. The smallest absolute Gasteiger partial charge is 0.123 e. The minimum Gasteiger partial charge on any atom is -0.508 e. The van der Waals surface area contributed by atoms with Crippen molar-refractivity contribution in [2.75, 3.05) is 0 Å². The van der Waals surface area contributed by atoms with Crippen LogP contribution in [0.2, 0.25) is 0 Å². The van der Waals surface area contributed by atoms with Gasteiger partial charge in [-0.15, -0.1) is 0 Å². The molecule has 0 bridgehead atoms. The molecule has 1 unspecified atom stereocenters. The molecule has 3 heteroatoms. The molecule has 2 atom stereocenters. The highest BCUT2D eigenvalue weighted by molar-refractivity contribution is 5.44. The lowest BCUT2D eigenvalue weighted by atomic mass is 10.0. The van der Waals surface area contributed by atoms with E-state index in [-0.39, 0.29) is 17.9 Å². The van der Waals surface area contributed by atoms with E-state index >= 15 is 0 Å². The van der Waals surface area contributed by atoms with E-state index in [4.69, 9.17) is 0 Å². The topological polar surface area (TPSA) is 32.3 Å². The van der Waals surface area contributed by atoms with Gasteiger partial charge in [0.1, 0.15) is 11.6 Å². The van der Waals surface area contributed by atoms with E-state index in [9.17, 15) is 9.50 Å². The van der Waals surface area contributed by atoms with Gasteiger partial charge in [0.25, 0.3) is 0 Å². The first kappa shape index (κ1) is 13.1. The van der Waals surface area contributed by atoms with Crippen molar-refractivity contribution in [3.63, 3.8) is 0 Å². The second-order valence-electron chi connectivity index (χ2n) is 5.38. The molecule has 1 aliphatic rings. The predicted molar refractivity (Wildman–Crippen MR) is 77.1 cm³/mol. The summed E-state index contributed by atoms with van der Waals surface area (Å²) in [5.41, 5.74) is 3.14. The van der Waals surface area contributed by atoms with Crippen LogP contribution >= 0.6 is 0 Å². The highest BCUT2D eigenvalue weighted by atomic mass is 19.1. The molecule has 0 saturated carbocycles. The summed E-state index contributed by atoms with van der Waals surface area (Å²) in [6.07, 6.45) is 1.85. The summed E-state index contributed by atoms with van der Waals surface area (Å²) in [7, 11) is 0. The van der Waals surface area contributed by atoms with Crippen molar-refractivity contribution in [1.82, 2.24) is 5.32 Å². The van der Waals surface area contributed by atoms with Crippen LogP contribution in [-0.4, -0.2) is 5.11 Å². The minimum atomic E-state index is -0.208. The largest absolute Gasteiger partial charge is 0.508 e. The zero-order chi connectivity index (χ0) is 14.1. The summed E-state index contributed by atoms with van der Waals surface area (Å²) in [4.78, 5) is 0. The van der Waals surface area contributed by atoms with Crippen LogP contribution in [0, 0.1) is 5.82 Å². The van der Waals surface area contributed by atoms with E-state index < -0.39 is 0 Å². The van der Waals surface area contributed by atoms with Gasteiger partial charge in [-0.1, -0.05) is 24.3 Å². The Labute approximate surface area is 118 Å². The number of phenolic OH excluding ortho intramolecular Hbond substituents is 1. The number of rotatable bonds is 3. The van der Waals surface area contributed by atoms with Gasteiger partial charge in [-0.05, 0) is 54.7 Å². The zero-order valence-corrected chi connectivity index (χ0v) is 11.4. The van der Waals surface area contributed by atoms with E-state index in [1.54, 1.807) is 18.2 Å². The van der Waals surface area contributed by atoms with E-state index in [0.29, 0.717) is 5.75 Å². The van der Waals surface area contributed by atoms with Crippen LogP contribution in [-0.2, 0) is 6.42 Å². The van der Waals surface area contributed by atoms with E-state index in [0.717, 1.165) is 29.5 Å². The summed E-state index contributed by atoms with van der Waals surface area (Å²) in [6, 6.07) is 12.6. The van der Waals surface area contributed by atoms with Crippen LogP contribution in [0.15, 0.2) is 42.5 Å². The Kier molecular flexibility index (Phi) is 3.45. The first-order valence-corrected chi connectivity index (χ1v) is 6.97. The normalized spacial score (nSPS) is 18.8. The Morgan fingerprint density at radius 1 is 1.25 bits per heavy atom. The van der Waals surface area contributed by atoms with Crippen molar-refractivity contribution in [1.29, 1.82) is 0 Å². The van der Waals surface area contributed by atoms with Gasteiger partial charge in [0.2, 0.25) is 0 Å². The monoisotopic (exact) mass is 271 g/mol. The van der Waals surface area contributed by atoms with E-state index in [1.165, 1.54) is 6.07 Å². The van der Waals surface area contributed by atoms with Gasteiger partial charge in [0, 0.05) is 12.1 Å². The lowest BCUT2D eigenvalue weighted by Crippen LogP contribution is -2.23. The van der Waals surface area contributed by atoms with Gasteiger partial charge in [0.15, 0.2) is 0 Å². The summed E-state index contributed by atoms with van der Waals surface area (Å²) in [5.74, 6) is 0.172. The first-order chi connectivity index (χ1) is 9.65. The molecular formula is C17H18FNO. The van der Waals surface area contributed by atoms with Crippen LogP contribution in [0.4, 0.5) is 4.39 Å². The SMILES string of the molecule is C[C@H](NC1CCc2c(O)cccc21)c1cccc(F)c1. The third-order valence-corrected chi connectivity index (χ3v) is 4.05. The fourth-order valence-electron chi connectivity index (χ4n) is 2.98. The molecule has 3 rings (SSSR count). The van der Waals surface area contributed by atoms with Gasteiger partial charge >= 0.3 is 0 Å². The molecule has 20 heavy (non-hydrogen) atoms. The third kappa shape index (κ3) is 2.41. The Morgan fingerprint density at radius 2 is 2.05 bits per heavy atom. The Balaban J connectivity index is 1.79. The highest BCUT2D eigenvalue weighted by Crippen LogP contribution is 2.37. The van der Waals surface area contributed by atoms with Crippen LogP contribution in [0.5, 0.6) is 5.75 Å². The maximum atomic E-state index is 13.3. The first-order valence-electron chi connectivity index (χ1n) is 6.97. The molecule has 0 radical (unpaired) electrons. The number of hydrogen-bond donors (Lipinski definition) is 2. The molecule has 0 spiro atoms. The molecule has 2 N–H and O–H groups in total. The molecule has 1 aliphatic carbocycles. The fourth-order valence-corrected chi connectivity index (χ4v) is 2.98. The lowest BCUT2D eigenvalue weighted by molar-refractivity contribution is 0.463. The standard InChI is InChI=1S/C17H18FNO/c1-11(12-4-2-5-13(18)10-12)19-16-9-8-15-14(16)6-3-7-17(15)20/h2-7,10-11,16,19-20H,8-9H2,1H3/t11-,16?/m0/s1. The number of hydrogen-bond acceptors (Lipinski definition) is 2. The number of fused-ring (bicyclic) bond motifs is 1. The van der Waals surface area contributed by atoms with E-state index in [2.05, 4.69) is 11.4 Å². The Bertz CT molecular complexity index is 626. The second-order valence-corrected chi connectivity index (χ2v) is 5.38. The number of benzene rings is 2. The molecule has 0 aromatic heterocycles. The summed E-state index contributed by atoms with van der Waals surface area (Å²) in [6.45, 7) is 2.04. The summed E-state index contributed by atoms with van der Waals surface area (Å²) < 4.78 is 13.3. The van der Waals surface area contributed by atoms with Gasteiger partial charge < -0.3 is 10.4 Å². The Morgan fingerprint density at radius 3 is 2.85 bits per heavy atom. The minimum absolute atomic E-state index is 0.0731. The van der Waals surface area contributed by atoms with Crippen molar-refractivity contribution in [2.45, 2.75) is 31.8 Å². The van der Waals surface area contributed by atoms with Crippen molar-refractivity contribution in [2.24, 2.45) is 0 Å². The number of aromatic hydroxyl groups is 1. The molecule has 2 aromatic carbocycles. The maximum absolute atomic E-state index is 13.3. The Hall–Kier alpha value is -1.87. The summed E-state index contributed by atoms with van der Waals surface area (Å²) in [5, 5.41) is 13.4. The number of nitrogens with one attached hydrogen (secondary N) is 1. The van der Waals surface area contributed by atoms with Crippen LogP contribution in [0.1, 0.15) is 42.1 Å². The fraction of sp³-hybridized carbons (Fsp3) is 0.294. The number of phenols is 1. The quantitative estimate of drug-likeness (QED) is 0.888. The molecule has 0 fully saturated rings. The third-order valence-electron chi connectivity index (χ3n) is 4.05. The second kappa shape index (κ2) is 5.25. The lowest BCUT2D eigenvalue weighted by Gasteiger charge is -2.21. The molecule has 0 amide bonds. The summed E-state index contributed by atoms with van der Waals surface area (Å²) >= 11 is 0. The highest BCUT2D eigenvalue weighted by Gasteiger charge is 2.25. The molecule has 2 nitrogen and oxygen atoms in total. The van der Waals surface area contributed by atoms with Crippen LogP contribution < -0.4 is 5.32 Å². The number of halogens is 1.